The molecule has 0 radical (unpaired) electrons. The average Bonchev–Trinajstić information content (AvgIpc) is 3.54. The van der Waals surface area contributed by atoms with Gasteiger partial charge in [0.05, 0.1) is 16.7 Å². The minimum atomic E-state index is -0.0944. The number of hydrogen-bond acceptors (Lipinski definition) is 5. The summed E-state index contributed by atoms with van der Waals surface area (Å²) in [6.07, 6.45) is 7.92. The number of benzene rings is 5. The van der Waals surface area contributed by atoms with Gasteiger partial charge in [0.15, 0.2) is 0 Å². The van der Waals surface area contributed by atoms with Gasteiger partial charge in [0, 0.05) is 48.0 Å². The first-order valence-corrected chi connectivity index (χ1v) is 21.6. The molecule has 4 heterocycles. The molecular formula is C50H51BN2OS2. The molecule has 1 aromatic heterocycles. The van der Waals surface area contributed by atoms with Crippen molar-refractivity contribution in [2.75, 3.05) is 9.80 Å². The number of allylic oxidation sites excluding steroid dienone is 3. The van der Waals surface area contributed by atoms with E-state index in [1.807, 2.05) is 23.5 Å². The van der Waals surface area contributed by atoms with E-state index in [2.05, 4.69) is 194 Å². The molecule has 3 aliphatic heterocycles. The molecule has 0 unspecified atom stereocenters. The molecule has 0 fully saturated rings. The molecule has 56 heavy (non-hydrogen) atoms. The predicted molar refractivity (Wildman–Crippen MR) is 243 cm³/mol. The molecule has 6 aromatic rings. The molecule has 0 atom stereocenters. The van der Waals surface area contributed by atoms with Crippen LogP contribution < -0.4 is 26.4 Å². The summed E-state index contributed by atoms with van der Waals surface area (Å²) in [5.74, 6) is 0. The van der Waals surface area contributed by atoms with Gasteiger partial charge in [0.1, 0.15) is 5.58 Å². The summed E-state index contributed by atoms with van der Waals surface area (Å²) >= 11 is 3.74. The monoisotopic (exact) mass is 770 g/mol. The van der Waals surface area contributed by atoms with Crippen molar-refractivity contribution in [2.24, 2.45) is 5.41 Å². The van der Waals surface area contributed by atoms with Crippen LogP contribution in [-0.4, -0.2) is 6.71 Å². The fourth-order valence-corrected chi connectivity index (χ4v) is 10.8. The van der Waals surface area contributed by atoms with Crippen molar-refractivity contribution >= 4 is 86.2 Å². The zero-order valence-corrected chi connectivity index (χ0v) is 36.0. The van der Waals surface area contributed by atoms with Crippen LogP contribution in [0, 0.1) is 5.41 Å². The second-order valence-electron chi connectivity index (χ2n) is 18.7. The topological polar surface area (TPSA) is 19.6 Å². The molecule has 0 N–H and O–H groups in total. The summed E-state index contributed by atoms with van der Waals surface area (Å²) in [6.45, 7) is 22.8. The van der Waals surface area contributed by atoms with Crippen molar-refractivity contribution in [3.8, 4) is 0 Å². The molecule has 5 aromatic carbocycles. The number of hydrogen-bond donors (Lipinski definition) is 0. The zero-order valence-electron chi connectivity index (χ0n) is 34.4. The average molecular weight is 771 g/mol. The maximum Gasteiger partial charge on any atom is 0.297 e. The highest BCUT2D eigenvalue weighted by atomic mass is 32.2. The maximum atomic E-state index is 7.32. The summed E-state index contributed by atoms with van der Waals surface area (Å²) in [7, 11) is 0. The van der Waals surface area contributed by atoms with Crippen LogP contribution in [0.2, 0.25) is 0 Å². The number of anilines is 5. The Bertz CT molecular complexity index is 2590. The predicted octanol–water partition coefficient (Wildman–Crippen LogP) is 13.3. The van der Waals surface area contributed by atoms with Crippen molar-refractivity contribution in [3.63, 3.8) is 0 Å². The summed E-state index contributed by atoms with van der Waals surface area (Å²) in [6, 6.07) is 36.6. The van der Waals surface area contributed by atoms with E-state index < -0.39 is 0 Å². The van der Waals surface area contributed by atoms with Crippen molar-refractivity contribution < 1.29 is 4.42 Å². The van der Waals surface area contributed by atoms with Gasteiger partial charge in [-0.3, -0.25) is 0 Å². The fraction of sp³-hybridized carbons (Fsp3) is 0.280. The van der Waals surface area contributed by atoms with Gasteiger partial charge < -0.3 is 14.2 Å². The molecule has 282 valence electrons. The molecule has 6 heteroatoms. The third-order valence-electron chi connectivity index (χ3n) is 11.4. The van der Waals surface area contributed by atoms with E-state index in [9.17, 15) is 0 Å². The number of fused-ring (bicyclic) bond motifs is 9. The van der Waals surface area contributed by atoms with Gasteiger partial charge in [-0.15, -0.1) is 0 Å². The summed E-state index contributed by atoms with van der Waals surface area (Å²) in [5.41, 5.74) is 14.4. The molecule has 3 aliphatic rings. The SMILES string of the molecule is C/C=C(\C=C/CC(C)(C)C)N1c2ccc(C(C)(C)C)cc2B2c3oc4ccc5c(c4c3N(c3ccc(C(C)(C)C)cc3)c3cccc1c32)Sc1ccccc1S5. The lowest BCUT2D eigenvalue weighted by atomic mass is 9.35. The number of nitrogens with zero attached hydrogens (tertiary/aromatic N) is 2. The molecule has 9 rings (SSSR count). The highest BCUT2D eigenvalue weighted by molar-refractivity contribution is 8.05. The molecule has 3 nitrogen and oxygen atoms in total. The van der Waals surface area contributed by atoms with Gasteiger partial charge in [-0.25, -0.2) is 0 Å². The largest absolute Gasteiger partial charge is 0.468 e. The Morgan fingerprint density at radius 1 is 0.696 bits per heavy atom. The van der Waals surface area contributed by atoms with E-state index in [0.717, 1.165) is 29.0 Å². The van der Waals surface area contributed by atoms with Gasteiger partial charge in [-0.05, 0) is 112 Å². The molecular weight excluding hydrogens is 720 g/mol. The quantitative estimate of drug-likeness (QED) is 0.131. The standard InChI is InChI=1S/C50H51BN2OS2/c1-11-33(16-15-29-48(2,3)4)52-36-26-23-32(50(8,9)10)30-35(36)51-44-37(52)17-14-18-38(44)53(34-24-21-31(22-25-34)49(5,6)7)45-43-39(54-47(45)51)27-28-42-46(43)56-41-20-13-12-19-40(41)55-42/h11-28,30H,29H2,1-10H3/b16-15-,33-11+. The molecule has 0 saturated heterocycles. The van der Waals surface area contributed by atoms with Crippen LogP contribution in [0.4, 0.5) is 28.4 Å². The third-order valence-corrected chi connectivity index (χ3v) is 14.0. The van der Waals surface area contributed by atoms with E-state index in [1.165, 1.54) is 69.8 Å². The summed E-state index contributed by atoms with van der Waals surface area (Å²) < 4.78 is 7.32. The lowest BCUT2D eigenvalue weighted by Crippen LogP contribution is -2.61. The van der Waals surface area contributed by atoms with Crippen LogP contribution in [0.5, 0.6) is 0 Å². The highest BCUT2D eigenvalue weighted by Gasteiger charge is 2.47. The van der Waals surface area contributed by atoms with Crippen LogP contribution in [0.25, 0.3) is 11.0 Å². The zero-order chi connectivity index (χ0) is 39.3. The van der Waals surface area contributed by atoms with Crippen molar-refractivity contribution in [1.29, 1.82) is 0 Å². The third kappa shape index (κ3) is 6.15. The van der Waals surface area contributed by atoms with Crippen molar-refractivity contribution in [2.45, 2.75) is 106 Å². The Morgan fingerprint density at radius 2 is 1.38 bits per heavy atom. The first-order chi connectivity index (χ1) is 26.6. The van der Waals surface area contributed by atoms with Gasteiger partial charge in [0.2, 0.25) is 0 Å². The van der Waals surface area contributed by atoms with E-state index >= 15 is 0 Å². The lowest BCUT2D eigenvalue weighted by molar-refractivity contribution is 0.420. The molecule has 0 spiro atoms. The second kappa shape index (κ2) is 13.3. The smallest absolute Gasteiger partial charge is 0.297 e. The minimum Gasteiger partial charge on any atom is -0.468 e. The first kappa shape index (κ1) is 37.1. The van der Waals surface area contributed by atoms with E-state index in [0.29, 0.717) is 0 Å². The Kier molecular flexibility index (Phi) is 8.79. The van der Waals surface area contributed by atoms with Crippen LogP contribution in [-0.2, 0) is 10.8 Å². The van der Waals surface area contributed by atoms with E-state index in [4.69, 9.17) is 4.42 Å². The molecule has 0 bridgehead atoms. The van der Waals surface area contributed by atoms with Crippen LogP contribution in [0.1, 0.15) is 86.8 Å². The summed E-state index contributed by atoms with van der Waals surface area (Å²) in [4.78, 5) is 10.1. The van der Waals surface area contributed by atoms with Gasteiger partial charge in [-0.1, -0.05) is 140 Å². The highest BCUT2D eigenvalue weighted by Crippen LogP contribution is 2.55. The number of furan rings is 1. The van der Waals surface area contributed by atoms with Crippen LogP contribution >= 0.6 is 23.5 Å². The van der Waals surface area contributed by atoms with Crippen molar-refractivity contribution in [3.05, 3.63) is 132 Å². The van der Waals surface area contributed by atoms with Gasteiger partial charge in [-0.2, -0.15) is 0 Å². The normalized spacial score (nSPS) is 15.2. The van der Waals surface area contributed by atoms with Crippen molar-refractivity contribution in [1.82, 2.24) is 0 Å². The Labute approximate surface area is 342 Å². The van der Waals surface area contributed by atoms with E-state index in [-0.39, 0.29) is 23.0 Å². The Balaban J connectivity index is 1.35. The molecule has 0 aliphatic carbocycles. The second-order valence-corrected chi connectivity index (χ2v) is 20.9. The molecule has 0 amide bonds. The van der Waals surface area contributed by atoms with Crippen LogP contribution in [0.15, 0.2) is 145 Å². The van der Waals surface area contributed by atoms with Gasteiger partial charge in [0.25, 0.3) is 6.71 Å². The van der Waals surface area contributed by atoms with Gasteiger partial charge >= 0.3 is 0 Å². The first-order valence-electron chi connectivity index (χ1n) is 20.0. The minimum absolute atomic E-state index is 0.0256. The number of rotatable bonds is 4. The Hall–Kier alpha value is -4.52. The van der Waals surface area contributed by atoms with Crippen LogP contribution in [0.3, 0.4) is 0 Å². The van der Waals surface area contributed by atoms with E-state index in [1.54, 1.807) is 0 Å². The Morgan fingerprint density at radius 3 is 2.05 bits per heavy atom. The lowest BCUT2D eigenvalue weighted by Gasteiger charge is -2.43. The maximum absolute atomic E-state index is 7.32. The molecule has 0 saturated carbocycles. The summed E-state index contributed by atoms with van der Waals surface area (Å²) in [5, 5.41) is 1.19. The fourth-order valence-electron chi connectivity index (χ4n) is 8.44.